The zero-order chi connectivity index (χ0) is 16.7. The molecule has 4 nitrogen and oxygen atoms in total. The molecule has 0 fully saturated rings. The van der Waals surface area contributed by atoms with Crippen LogP contribution >= 0.6 is 12.2 Å². The summed E-state index contributed by atoms with van der Waals surface area (Å²) in [5.74, 6) is 0.852. The molecular formula is C18H21N3OS. The molecule has 0 saturated carbocycles. The molecule has 0 bridgehead atoms. The molecule has 2 N–H and O–H groups in total. The van der Waals surface area contributed by atoms with E-state index in [0.717, 1.165) is 17.0 Å². The van der Waals surface area contributed by atoms with Crippen molar-refractivity contribution in [2.45, 2.75) is 20.8 Å². The van der Waals surface area contributed by atoms with Crippen LogP contribution < -0.4 is 15.5 Å². The van der Waals surface area contributed by atoms with E-state index in [1.54, 1.807) is 6.21 Å². The highest BCUT2D eigenvalue weighted by molar-refractivity contribution is 7.80. The van der Waals surface area contributed by atoms with Crippen molar-refractivity contribution < 1.29 is 4.74 Å². The monoisotopic (exact) mass is 327 g/mol. The lowest BCUT2D eigenvalue weighted by molar-refractivity contribution is 0.340. The van der Waals surface area contributed by atoms with E-state index in [1.807, 2.05) is 43.3 Å². The zero-order valence-electron chi connectivity index (χ0n) is 13.6. The predicted molar refractivity (Wildman–Crippen MR) is 100 cm³/mol. The minimum Gasteiger partial charge on any atom is -0.494 e. The van der Waals surface area contributed by atoms with E-state index in [1.165, 1.54) is 11.1 Å². The first-order chi connectivity index (χ1) is 11.1. The Morgan fingerprint density at radius 3 is 2.61 bits per heavy atom. The van der Waals surface area contributed by atoms with Crippen LogP contribution in [0.3, 0.4) is 0 Å². The summed E-state index contributed by atoms with van der Waals surface area (Å²) in [4.78, 5) is 0. The molecule has 0 aliphatic rings. The number of ether oxygens (including phenoxy) is 1. The highest BCUT2D eigenvalue weighted by Gasteiger charge is 2.01. The Labute approximate surface area is 142 Å². The van der Waals surface area contributed by atoms with E-state index >= 15 is 0 Å². The number of rotatable bonds is 5. The van der Waals surface area contributed by atoms with E-state index in [-0.39, 0.29) is 0 Å². The number of anilines is 1. The number of benzene rings is 2. The van der Waals surface area contributed by atoms with Crippen LogP contribution in [0.5, 0.6) is 5.75 Å². The quantitative estimate of drug-likeness (QED) is 0.494. The van der Waals surface area contributed by atoms with Gasteiger partial charge in [0.1, 0.15) is 5.75 Å². The van der Waals surface area contributed by atoms with Gasteiger partial charge in [-0.1, -0.05) is 12.1 Å². The standard InChI is InChI=1S/C18H21N3OS/c1-4-22-16-10-8-15(9-11-16)12-19-21-18(23)20-17-7-5-6-13(2)14(17)3/h5-12H,4H2,1-3H3,(H2,20,21,23). The molecule has 0 aliphatic carbocycles. The smallest absolute Gasteiger partial charge is 0.191 e. The molecule has 0 radical (unpaired) electrons. The van der Waals surface area contributed by atoms with Gasteiger partial charge in [0.2, 0.25) is 0 Å². The molecule has 0 unspecified atom stereocenters. The fourth-order valence-corrected chi connectivity index (χ4v) is 2.18. The van der Waals surface area contributed by atoms with Gasteiger partial charge in [-0.25, -0.2) is 0 Å². The highest BCUT2D eigenvalue weighted by atomic mass is 32.1. The minimum atomic E-state index is 0.459. The maximum Gasteiger partial charge on any atom is 0.191 e. The van der Waals surface area contributed by atoms with Gasteiger partial charge < -0.3 is 10.1 Å². The number of nitrogens with zero attached hydrogens (tertiary/aromatic N) is 1. The molecule has 2 rings (SSSR count). The van der Waals surface area contributed by atoms with Gasteiger partial charge in [0.25, 0.3) is 0 Å². The molecule has 5 heteroatoms. The Bertz CT molecular complexity index is 696. The average Bonchev–Trinajstić information content (AvgIpc) is 2.54. The van der Waals surface area contributed by atoms with Crippen LogP contribution in [0.4, 0.5) is 5.69 Å². The lowest BCUT2D eigenvalue weighted by atomic mass is 10.1. The summed E-state index contributed by atoms with van der Waals surface area (Å²) in [5, 5.41) is 7.75. The highest BCUT2D eigenvalue weighted by Crippen LogP contribution is 2.17. The Morgan fingerprint density at radius 2 is 1.91 bits per heavy atom. The van der Waals surface area contributed by atoms with E-state index < -0.39 is 0 Å². The maximum absolute atomic E-state index is 5.40. The van der Waals surface area contributed by atoms with Crippen molar-refractivity contribution >= 4 is 29.2 Å². The third-order valence-corrected chi connectivity index (χ3v) is 3.62. The number of hydrogen-bond donors (Lipinski definition) is 2. The third-order valence-electron chi connectivity index (χ3n) is 3.42. The second kappa shape index (κ2) is 8.29. The van der Waals surface area contributed by atoms with Crippen molar-refractivity contribution in [1.82, 2.24) is 5.43 Å². The van der Waals surface area contributed by atoms with Crippen LogP contribution in [-0.2, 0) is 0 Å². The second-order valence-corrected chi connectivity index (χ2v) is 5.48. The predicted octanol–water partition coefficient (Wildman–Crippen LogP) is 4.02. The fourth-order valence-electron chi connectivity index (χ4n) is 2.02. The average molecular weight is 327 g/mol. The summed E-state index contributed by atoms with van der Waals surface area (Å²) in [7, 11) is 0. The van der Waals surface area contributed by atoms with Crippen LogP contribution in [-0.4, -0.2) is 17.9 Å². The van der Waals surface area contributed by atoms with Gasteiger partial charge in [-0.2, -0.15) is 5.10 Å². The first-order valence-electron chi connectivity index (χ1n) is 7.49. The molecule has 0 atom stereocenters. The number of aryl methyl sites for hydroxylation is 1. The van der Waals surface area contributed by atoms with Gasteiger partial charge >= 0.3 is 0 Å². The van der Waals surface area contributed by atoms with Crippen molar-refractivity contribution in [2.75, 3.05) is 11.9 Å². The number of nitrogens with one attached hydrogen (secondary N) is 2. The molecule has 0 saturated heterocycles. The van der Waals surface area contributed by atoms with Gasteiger partial charge in [-0.15, -0.1) is 0 Å². The van der Waals surface area contributed by atoms with E-state index in [0.29, 0.717) is 11.7 Å². The SMILES string of the molecule is CCOc1ccc(C=NNC(=S)Nc2cccc(C)c2C)cc1. The Balaban J connectivity index is 1.89. The van der Waals surface area contributed by atoms with Crippen molar-refractivity contribution in [3.8, 4) is 5.75 Å². The van der Waals surface area contributed by atoms with Gasteiger partial charge in [0.05, 0.1) is 12.8 Å². The Kier molecular flexibility index (Phi) is 6.11. The minimum absolute atomic E-state index is 0.459. The zero-order valence-corrected chi connectivity index (χ0v) is 14.4. The second-order valence-electron chi connectivity index (χ2n) is 5.07. The molecule has 0 spiro atoms. The molecule has 2 aromatic carbocycles. The third kappa shape index (κ3) is 5.07. The summed E-state index contributed by atoms with van der Waals surface area (Å²) in [6, 6.07) is 13.8. The molecule has 0 amide bonds. The number of hydrazone groups is 1. The van der Waals surface area contributed by atoms with Crippen molar-refractivity contribution in [3.63, 3.8) is 0 Å². The molecular weight excluding hydrogens is 306 g/mol. The van der Waals surface area contributed by atoms with E-state index in [9.17, 15) is 0 Å². The summed E-state index contributed by atoms with van der Waals surface area (Å²) >= 11 is 5.25. The Hall–Kier alpha value is -2.40. The molecule has 0 aliphatic heterocycles. The van der Waals surface area contributed by atoms with Crippen LogP contribution in [0, 0.1) is 13.8 Å². The fraction of sp³-hybridized carbons (Fsp3) is 0.222. The van der Waals surface area contributed by atoms with Crippen LogP contribution in [0.1, 0.15) is 23.6 Å². The van der Waals surface area contributed by atoms with Crippen molar-refractivity contribution in [1.29, 1.82) is 0 Å². The van der Waals surface area contributed by atoms with Crippen LogP contribution in [0.2, 0.25) is 0 Å². The number of hydrogen-bond acceptors (Lipinski definition) is 3. The summed E-state index contributed by atoms with van der Waals surface area (Å²) in [6.07, 6.45) is 1.72. The van der Waals surface area contributed by atoms with Gasteiger partial charge in [0.15, 0.2) is 5.11 Å². The maximum atomic E-state index is 5.40. The largest absolute Gasteiger partial charge is 0.494 e. The topological polar surface area (TPSA) is 45.6 Å². The normalized spacial score (nSPS) is 10.6. The van der Waals surface area contributed by atoms with Gasteiger partial charge in [0, 0.05) is 5.69 Å². The summed E-state index contributed by atoms with van der Waals surface area (Å²) < 4.78 is 5.40. The van der Waals surface area contributed by atoms with Crippen LogP contribution in [0.25, 0.3) is 0 Å². The first kappa shape index (κ1) is 17.0. The van der Waals surface area contributed by atoms with E-state index in [4.69, 9.17) is 17.0 Å². The lowest BCUT2D eigenvalue weighted by Crippen LogP contribution is -2.24. The Morgan fingerprint density at radius 1 is 1.17 bits per heavy atom. The van der Waals surface area contributed by atoms with Crippen LogP contribution in [0.15, 0.2) is 47.6 Å². The number of thiocarbonyl (C=S) groups is 1. The van der Waals surface area contributed by atoms with E-state index in [2.05, 4.69) is 35.8 Å². The molecule has 120 valence electrons. The first-order valence-corrected chi connectivity index (χ1v) is 7.90. The van der Waals surface area contributed by atoms with Crippen molar-refractivity contribution in [3.05, 3.63) is 59.2 Å². The van der Waals surface area contributed by atoms with Crippen molar-refractivity contribution in [2.24, 2.45) is 5.10 Å². The summed E-state index contributed by atoms with van der Waals surface area (Å²) in [5.41, 5.74) is 7.17. The lowest BCUT2D eigenvalue weighted by Gasteiger charge is -2.11. The molecule has 0 heterocycles. The molecule has 23 heavy (non-hydrogen) atoms. The van der Waals surface area contributed by atoms with Gasteiger partial charge in [-0.05, 0) is 80.0 Å². The molecule has 2 aromatic rings. The molecule has 0 aromatic heterocycles. The summed E-state index contributed by atoms with van der Waals surface area (Å²) in [6.45, 7) is 6.75. The van der Waals surface area contributed by atoms with Gasteiger partial charge in [-0.3, -0.25) is 5.43 Å².